The van der Waals surface area contributed by atoms with Crippen LogP contribution in [-0.2, 0) is 9.84 Å². The minimum atomic E-state index is -2.92. The number of sulfone groups is 1. The number of halogens is 2. The van der Waals surface area contributed by atoms with Crippen molar-refractivity contribution in [2.24, 2.45) is 0 Å². The van der Waals surface area contributed by atoms with Gasteiger partial charge in [-0.05, 0) is 31.9 Å². The van der Waals surface area contributed by atoms with Crippen LogP contribution in [0.1, 0.15) is 31.4 Å². The van der Waals surface area contributed by atoms with Crippen molar-refractivity contribution in [2.75, 3.05) is 11.5 Å². The van der Waals surface area contributed by atoms with Crippen molar-refractivity contribution in [1.82, 2.24) is 5.32 Å². The zero-order valence-corrected chi connectivity index (χ0v) is 11.5. The van der Waals surface area contributed by atoms with E-state index in [1.165, 1.54) is 18.2 Å². The molecule has 0 bridgehead atoms. The van der Waals surface area contributed by atoms with E-state index in [1.807, 2.05) is 0 Å². The first kappa shape index (κ1) is 14.4. The summed E-state index contributed by atoms with van der Waals surface area (Å²) in [7, 11) is -2.92. The molecular formula is C13H17F2NO2S. The van der Waals surface area contributed by atoms with Crippen molar-refractivity contribution >= 4 is 9.84 Å². The molecule has 2 rings (SSSR count). The normalized spacial score (nSPS) is 21.2. The molecule has 1 aromatic carbocycles. The minimum Gasteiger partial charge on any atom is -0.307 e. The fourth-order valence-electron chi connectivity index (χ4n) is 2.42. The molecule has 1 aliphatic rings. The number of benzene rings is 1. The van der Waals surface area contributed by atoms with Crippen molar-refractivity contribution in [3.8, 4) is 0 Å². The molecule has 1 aliphatic heterocycles. The lowest BCUT2D eigenvalue weighted by atomic mass is 10.0. The van der Waals surface area contributed by atoms with Gasteiger partial charge in [0.1, 0.15) is 21.5 Å². The molecule has 1 N–H and O–H groups in total. The van der Waals surface area contributed by atoms with Crippen LogP contribution in [0.4, 0.5) is 8.78 Å². The Morgan fingerprint density at radius 3 is 2.26 bits per heavy atom. The van der Waals surface area contributed by atoms with Crippen molar-refractivity contribution in [1.29, 1.82) is 0 Å². The Morgan fingerprint density at radius 1 is 1.21 bits per heavy atom. The van der Waals surface area contributed by atoms with E-state index in [0.29, 0.717) is 12.8 Å². The topological polar surface area (TPSA) is 46.2 Å². The summed E-state index contributed by atoms with van der Waals surface area (Å²) in [5.41, 5.74) is 0.0101. The average Bonchev–Trinajstić information content (AvgIpc) is 2.32. The highest BCUT2D eigenvalue weighted by Crippen LogP contribution is 2.23. The Morgan fingerprint density at radius 2 is 1.74 bits per heavy atom. The molecule has 19 heavy (non-hydrogen) atoms. The van der Waals surface area contributed by atoms with Crippen molar-refractivity contribution in [3.63, 3.8) is 0 Å². The van der Waals surface area contributed by atoms with Crippen molar-refractivity contribution in [3.05, 3.63) is 35.4 Å². The van der Waals surface area contributed by atoms with Crippen LogP contribution >= 0.6 is 0 Å². The van der Waals surface area contributed by atoms with E-state index in [1.54, 1.807) is 6.92 Å². The second-order valence-corrected chi connectivity index (χ2v) is 7.25. The lowest BCUT2D eigenvalue weighted by Crippen LogP contribution is -2.39. The molecule has 3 nitrogen and oxygen atoms in total. The molecule has 0 saturated carbocycles. The van der Waals surface area contributed by atoms with Gasteiger partial charge in [-0.1, -0.05) is 6.07 Å². The van der Waals surface area contributed by atoms with E-state index >= 15 is 0 Å². The molecule has 1 unspecified atom stereocenters. The first-order valence-corrected chi connectivity index (χ1v) is 8.11. The van der Waals surface area contributed by atoms with Crippen LogP contribution < -0.4 is 5.32 Å². The molecular weight excluding hydrogens is 272 g/mol. The maximum Gasteiger partial charge on any atom is 0.150 e. The first-order valence-electron chi connectivity index (χ1n) is 6.29. The third-order valence-electron chi connectivity index (χ3n) is 3.47. The molecule has 1 atom stereocenters. The summed E-state index contributed by atoms with van der Waals surface area (Å²) in [6.07, 6.45) is 0.978. The van der Waals surface area contributed by atoms with Crippen LogP contribution in [0, 0.1) is 11.6 Å². The molecule has 0 amide bonds. The van der Waals surface area contributed by atoms with Gasteiger partial charge in [-0.2, -0.15) is 0 Å². The number of rotatable bonds is 3. The highest BCUT2D eigenvalue weighted by Gasteiger charge is 2.26. The second-order valence-electron chi connectivity index (χ2n) is 4.95. The van der Waals surface area contributed by atoms with E-state index in [9.17, 15) is 17.2 Å². The van der Waals surface area contributed by atoms with Gasteiger partial charge >= 0.3 is 0 Å². The van der Waals surface area contributed by atoms with Crippen LogP contribution in [0.15, 0.2) is 18.2 Å². The van der Waals surface area contributed by atoms with Crippen molar-refractivity contribution in [2.45, 2.75) is 31.8 Å². The van der Waals surface area contributed by atoms with Crippen LogP contribution in [0.2, 0.25) is 0 Å². The van der Waals surface area contributed by atoms with Gasteiger partial charge in [0, 0.05) is 17.6 Å². The Kier molecular flexibility index (Phi) is 4.20. The fourth-order valence-corrected chi connectivity index (χ4v) is 3.91. The van der Waals surface area contributed by atoms with E-state index < -0.39 is 27.5 Å². The van der Waals surface area contributed by atoms with Crippen LogP contribution in [-0.4, -0.2) is 26.0 Å². The number of nitrogens with one attached hydrogen (secondary N) is 1. The number of hydrogen-bond acceptors (Lipinski definition) is 3. The van der Waals surface area contributed by atoms with Gasteiger partial charge in [0.25, 0.3) is 0 Å². The Hall–Kier alpha value is -1.01. The Balaban J connectivity index is 2.04. The highest BCUT2D eigenvalue weighted by molar-refractivity contribution is 7.91. The molecule has 106 valence electrons. The van der Waals surface area contributed by atoms with Gasteiger partial charge in [-0.3, -0.25) is 0 Å². The van der Waals surface area contributed by atoms with E-state index in [0.717, 1.165) is 0 Å². The molecule has 1 aromatic rings. The molecule has 1 saturated heterocycles. The third kappa shape index (κ3) is 3.51. The lowest BCUT2D eigenvalue weighted by Gasteiger charge is -2.27. The quantitative estimate of drug-likeness (QED) is 0.928. The molecule has 6 heteroatoms. The molecule has 0 spiro atoms. The molecule has 0 aliphatic carbocycles. The van der Waals surface area contributed by atoms with E-state index in [4.69, 9.17) is 0 Å². The standard InChI is InChI=1S/C13H17F2NO2S/c1-9(13-11(14)3-2-4-12(13)15)16-10-5-7-19(17,18)8-6-10/h2-4,9-10,16H,5-8H2,1H3. The van der Waals surface area contributed by atoms with E-state index in [2.05, 4.69) is 5.32 Å². The molecule has 0 aromatic heterocycles. The summed E-state index contributed by atoms with van der Waals surface area (Å²) in [6, 6.07) is 3.28. The minimum absolute atomic E-state index is 0.0101. The summed E-state index contributed by atoms with van der Waals surface area (Å²) in [4.78, 5) is 0. The van der Waals surface area contributed by atoms with Gasteiger partial charge < -0.3 is 5.32 Å². The third-order valence-corrected chi connectivity index (χ3v) is 5.19. The monoisotopic (exact) mass is 289 g/mol. The molecule has 1 fully saturated rings. The molecule has 1 heterocycles. The maximum absolute atomic E-state index is 13.6. The zero-order valence-electron chi connectivity index (χ0n) is 10.7. The smallest absolute Gasteiger partial charge is 0.150 e. The van der Waals surface area contributed by atoms with Gasteiger partial charge in [-0.25, -0.2) is 17.2 Å². The Labute approximate surface area is 111 Å². The number of hydrogen-bond donors (Lipinski definition) is 1. The predicted molar refractivity (Wildman–Crippen MR) is 69.6 cm³/mol. The first-order chi connectivity index (χ1) is 8.89. The van der Waals surface area contributed by atoms with Gasteiger partial charge in [0.2, 0.25) is 0 Å². The summed E-state index contributed by atoms with van der Waals surface area (Å²) in [6.45, 7) is 1.69. The van der Waals surface area contributed by atoms with Crippen LogP contribution in [0.5, 0.6) is 0 Å². The van der Waals surface area contributed by atoms with Crippen LogP contribution in [0.3, 0.4) is 0 Å². The van der Waals surface area contributed by atoms with E-state index in [-0.39, 0.29) is 23.1 Å². The molecule has 0 radical (unpaired) electrons. The average molecular weight is 289 g/mol. The largest absolute Gasteiger partial charge is 0.307 e. The highest BCUT2D eigenvalue weighted by atomic mass is 32.2. The maximum atomic E-state index is 13.6. The summed E-state index contributed by atoms with van der Waals surface area (Å²) < 4.78 is 49.8. The zero-order chi connectivity index (χ0) is 14.0. The fraction of sp³-hybridized carbons (Fsp3) is 0.538. The summed E-state index contributed by atoms with van der Waals surface area (Å²) >= 11 is 0. The summed E-state index contributed by atoms with van der Waals surface area (Å²) in [5.74, 6) is -0.888. The SMILES string of the molecule is CC(NC1CCS(=O)(=O)CC1)c1c(F)cccc1F. The summed E-state index contributed by atoms with van der Waals surface area (Å²) in [5, 5.41) is 3.11. The predicted octanol–water partition coefficient (Wildman–Crippen LogP) is 2.19. The Bertz CT molecular complexity index is 526. The van der Waals surface area contributed by atoms with Gasteiger partial charge in [0.05, 0.1) is 11.5 Å². The van der Waals surface area contributed by atoms with Crippen LogP contribution in [0.25, 0.3) is 0 Å². The van der Waals surface area contributed by atoms with Gasteiger partial charge in [-0.15, -0.1) is 0 Å². The second kappa shape index (κ2) is 5.54. The lowest BCUT2D eigenvalue weighted by molar-refractivity contribution is 0.400. The van der Waals surface area contributed by atoms with Gasteiger partial charge in [0.15, 0.2) is 0 Å². The van der Waals surface area contributed by atoms with Crippen molar-refractivity contribution < 1.29 is 17.2 Å².